The third-order valence-electron chi connectivity index (χ3n) is 3.25. The molecule has 0 saturated heterocycles. The van der Waals surface area contributed by atoms with Crippen LogP contribution in [0.2, 0.25) is 0 Å². The number of fused-ring (bicyclic) bond motifs is 1. The Morgan fingerprint density at radius 1 is 1.50 bits per heavy atom. The second-order valence-electron chi connectivity index (χ2n) is 4.43. The zero-order valence-corrected chi connectivity index (χ0v) is 9.85. The molecule has 2 heterocycles. The third-order valence-corrected chi connectivity index (χ3v) is 3.25. The second kappa shape index (κ2) is 4.73. The Balaban J connectivity index is 1.77. The van der Waals surface area contributed by atoms with Crippen molar-refractivity contribution < 1.29 is 4.52 Å². The maximum Gasteiger partial charge on any atom is 0.248 e. The first-order chi connectivity index (χ1) is 8.83. The minimum Gasteiger partial charge on any atom is -0.343 e. The summed E-state index contributed by atoms with van der Waals surface area (Å²) in [6.07, 6.45) is 4.38. The average molecular weight is 246 g/mol. The number of nitrogens with zero attached hydrogens (tertiary/aromatic N) is 2. The van der Waals surface area contributed by atoms with Gasteiger partial charge in [-0.15, -0.1) is 0 Å². The molecule has 0 radical (unpaired) electrons. The summed E-state index contributed by atoms with van der Waals surface area (Å²) in [5.74, 6) is 0.645. The van der Waals surface area contributed by atoms with E-state index in [0.29, 0.717) is 12.4 Å². The maximum atomic E-state index is 11.3. The van der Waals surface area contributed by atoms with E-state index < -0.39 is 0 Å². The van der Waals surface area contributed by atoms with Gasteiger partial charge in [0.1, 0.15) is 0 Å². The van der Waals surface area contributed by atoms with Gasteiger partial charge in [0.25, 0.3) is 0 Å². The lowest BCUT2D eigenvalue weighted by Gasteiger charge is -2.25. The first kappa shape index (κ1) is 11.2. The smallest absolute Gasteiger partial charge is 0.248 e. The van der Waals surface area contributed by atoms with Gasteiger partial charge in [-0.1, -0.05) is 11.2 Å². The Kier molecular flexibility index (Phi) is 2.93. The first-order valence-electron chi connectivity index (χ1n) is 6.03. The van der Waals surface area contributed by atoms with Crippen molar-refractivity contribution in [1.82, 2.24) is 20.4 Å². The van der Waals surface area contributed by atoms with Crippen LogP contribution in [0, 0.1) is 0 Å². The van der Waals surface area contributed by atoms with Crippen LogP contribution in [0.3, 0.4) is 0 Å². The molecule has 18 heavy (non-hydrogen) atoms. The Bertz CT molecular complexity index is 576. The third kappa shape index (κ3) is 2.19. The van der Waals surface area contributed by atoms with Crippen LogP contribution in [-0.2, 0) is 13.0 Å². The lowest BCUT2D eigenvalue weighted by Crippen LogP contribution is -2.27. The fourth-order valence-electron chi connectivity index (χ4n) is 2.40. The lowest BCUT2D eigenvalue weighted by molar-refractivity contribution is 0.398. The quantitative estimate of drug-likeness (QED) is 0.841. The van der Waals surface area contributed by atoms with Crippen molar-refractivity contribution in [2.45, 2.75) is 31.8 Å². The van der Waals surface area contributed by atoms with Crippen LogP contribution in [-0.4, -0.2) is 15.1 Å². The SMILES string of the molecule is O=c1ccc2c([nH]1)CCCC2NCc1ncon1. The van der Waals surface area contributed by atoms with Crippen molar-refractivity contribution in [1.29, 1.82) is 0 Å². The Hall–Kier alpha value is -1.95. The summed E-state index contributed by atoms with van der Waals surface area (Å²) in [5.41, 5.74) is 2.18. The van der Waals surface area contributed by atoms with Gasteiger partial charge in [-0.05, 0) is 24.8 Å². The van der Waals surface area contributed by atoms with Gasteiger partial charge in [0.05, 0.1) is 6.54 Å². The number of aromatic amines is 1. The molecule has 0 saturated carbocycles. The molecular formula is C12H14N4O2. The van der Waals surface area contributed by atoms with Crippen LogP contribution < -0.4 is 10.9 Å². The molecule has 0 aliphatic heterocycles. The molecule has 2 aromatic heterocycles. The molecule has 0 amide bonds. The van der Waals surface area contributed by atoms with Crippen LogP contribution in [0.15, 0.2) is 27.8 Å². The minimum absolute atomic E-state index is 0.0347. The number of hydrogen-bond acceptors (Lipinski definition) is 5. The van der Waals surface area contributed by atoms with Gasteiger partial charge in [0, 0.05) is 17.8 Å². The molecule has 0 bridgehead atoms. The van der Waals surface area contributed by atoms with Gasteiger partial charge >= 0.3 is 0 Å². The number of aromatic nitrogens is 3. The van der Waals surface area contributed by atoms with Crippen molar-refractivity contribution in [2.75, 3.05) is 0 Å². The summed E-state index contributed by atoms with van der Waals surface area (Å²) < 4.78 is 4.69. The van der Waals surface area contributed by atoms with E-state index in [4.69, 9.17) is 4.52 Å². The van der Waals surface area contributed by atoms with Crippen LogP contribution in [0.5, 0.6) is 0 Å². The van der Waals surface area contributed by atoms with Gasteiger partial charge in [0.15, 0.2) is 5.82 Å². The predicted molar refractivity (Wildman–Crippen MR) is 63.9 cm³/mol. The first-order valence-corrected chi connectivity index (χ1v) is 6.03. The Morgan fingerprint density at radius 3 is 3.28 bits per heavy atom. The Labute approximate surface area is 103 Å². The molecule has 1 unspecified atom stereocenters. The monoisotopic (exact) mass is 246 g/mol. The van der Waals surface area contributed by atoms with Gasteiger partial charge < -0.3 is 14.8 Å². The highest BCUT2D eigenvalue weighted by atomic mass is 16.5. The standard InChI is InChI=1S/C12H14N4O2/c17-12-5-4-8-9(2-1-3-10(8)15-12)13-6-11-14-7-18-16-11/h4-5,7,9,13H,1-3,6H2,(H,15,17). The lowest BCUT2D eigenvalue weighted by atomic mass is 9.91. The summed E-state index contributed by atoms with van der Waals surface area (Å²) in [6.45, 7) is 0.569. The summed E-state index contributed by atoms with van der Waals surface area (Å²) in [7, 11) is 0. The Morgan fingerprint density at radius 2 is 2.44 bits per heavy atom. The second-order valence-corrected chi connectivity index (χ2v) is 4.43. The molecular weight excluding hydrogens is 232 g/mol. The molecule has 94 valence electrons. The van der Waals surface area contributed by atoms with Gasteiger partial charge in [-0.2, -0.15) is 4.98 Å². The number of hydrogen-bond donors (Lipinski definition) is 2. The number of rotatable bonds is 3. The highest BCUT2D eigenvalue weighted by Crippen LogP contribution is 2.27. The molecule has 2 aromatic rings. The summed E-state index contributed by atoms with van der Waals surface area (Å²) in [6, 6.07) is 3.72. The average Bonchev–Trinajstić information content (AvgIpc) is 2.89. The molecule has 0 aromatic carbocycles. The molecule has 0 fully saturated rings. The molecule has 1 aliphatic rings. The van der Waals surface area contributed by atoms with E-state index in [9.17, 15) is 4.79 Å². The van der Waals surface area contributed by atoms with E-state index >= 15 is 0 Å². The zero-order valence-electron chi connectivity index (χ0n) is 9.85. The fraction of sp³-hybridized carbons (Fsp3) is 0.417. The normalized spacial score (nSPS) is 18.6. The summed E-state index contributed by atoms with van der Waals surface area (Å²) in [5, 5.41) is 7.16. The summed E-state index contributed by atoms with van der Waals surface area (Å²) in [4.78, 5) is 18.2. The van der Waals surface area contributed by atoms with E-state index in [-0.39, 0.29) is 11.6 Å². The molecule has 1 aliphatic carbocycles. The van der Waals surface area contributed by atoms with Crippen molar-refractivity contribution in [3.8, 4) is 0 Å². The molecule has 1 atom stereocenters. The molecule has 6 heteroatoms. The van der Waals surface area contributed by atoms with Crippen molar-refractivity contribution >= 4 is 0 Å². The van der Waals surface area contributed by atoms with Crippen molar-refractivity contribution in [2.24, 2.45) is 0 Å². The van der Waals surface area contributed by atoms with E-state index in [2.05, 4.69) is 20.4 Å². The zero-order chi connectivity index (χ0) is 12.4. The molecule has 2 N–H and O–H groups in total. The van der Waals surface area contributed by atoms with Crippen LogP contribution in [0.4, 0.5) is 0 Å². The van der Waals surface area contributed by atoms with Crippen LogP contribution in [0.25, 0.3) is 0 Å². The fourth-order valence-corrected chi connectivity index (χ4v) is 2.40. The highest BCUT2D eigenvalue weighted by molar-refractivity contribution is 5.26. The van der Waals surface area contributed by atoms with Crippen molar-refractivity contribution in [3.63, 3.8) is 0 Å². The number of H-pyrrole nitrogens is 1. The maximum absolute atomic E-state index is 11.3. The van der Waals surface area contributed by atoms with Crippen LogP contribution >= 0.6 is 0 Å². The number of aryl methyl sites for hydroxylation is 1. The van der Waals surface area contributed by atoms with Gasteiger partial charge in [0.2, 0.25) is 12.0 Å². The summed E-state index contributed by atoms with van der Waals surface area (Å²) >= 11 is 0. The highest BCUT2D eigenvalue weighted by Gasteiger charge is 2.20. The van der Waals surface area contributed by atoms with Crippen molar-refractivity contribution in [3.05, 3.63) is 46.0 Å². The van der Waals surface area contributed by atoms with E-state index in [1.54, 1.807) is 6.07 Å². The van der Waals surface area contributed by atoms with Gasteiger partial charge in [-0.3, -0.25) is 4.79 Å². The molecule has 3 rings (SSSR count). The number of pyridine rings is 1. The topological polar surface area (TPSA) is 83.8 Å². The number of nitrogens with one attached hydrogen (secondary N) is 2. The van der Waals surface area contributed by atoms with E-state index in [0.717, 1.165) is 25.0 Å². The molecule has 0 spiro atoms. The van der Waals surface area contributed by atoms with E-state index in [1.165, 1.54) is 12.0 Å². The van der Waals surface area contributed by atoms with E-state index in [1.807, 2.05) is 6.07 Å². The van der Waals surface area contributed by atoms with Gasteiger partial charge in [-0.25, -0.2) is 0 Å². The minimum atomic E-state index is -0.0347. The molecule has 6 nitrogen and oxygen atoms in total. The largest absolute Gasteiger partial charge is 0.343 e. The predicted octanol–water partition coefficient (Wildman–Crippen LogP) is 0.925. The van der Waals surface area contributed by atoms with Crippen LogP contribution in [0.1, 0.15) is 36.0 Å².